The van der Waals surface area contributed by atoms with E-state index < -0.39 is 0 Å². The second-order valence-electron chi connectivity index (χ2n) is 6.43. The Morgan fingerprint density at radius 2 is 1.88 bits per heavy atom. The molecule has 1 heterocycles. The minimum atomic E-state index is -0.0496. The van der Waals surface area contributed by atoms with E-state index in [4.69, 9.17) is 0 Å². The van der Waals surface area contributed by atoms with E-state index in [1.807, 2.05) is 40.0 Å². The van der Waals surface area contributed by atoms with Crippen LogP contribution in [0, 0.1) is 13.8 Å². The van der Waals surface area contributed by atoms with Crippen LogP contribution in [0.25, 0.3) is 10.8 Å². The number of hydrogen-bond acceptors (Lipinski definition) is 2. The SMILES string of the molecule is Cc1nn(C)c(C)c1C(=O)N[C@H](C)Cc1ccc2ccccc2c1. The maximum Gasteiger partial charge on any atom is 0.255 e. The minimum absolute atomic E-state index is 0.0496. The fourth-order valence-corrected chi connectivity index (χ4v) is 3.17. The number of hydrogen-bond donors (Lipinski definition) is 1. The van der Waals surface area contributed by atoms with Crippen molar-refractivity contribution in [2.75, 3.05) is 0 Å². The van der Waals surface area contributed by atoms with Gasteiger partial charge in [-0.25, -0.2) is 0 Å². The van der Waals surface area contributed by atoms with Crippen molar-refractivity contribution in [1.82, 2.24) is 15.1 Å². The zero-order valence-corrected chi connectivity index (χ0v) is 14.6. The van der Waals surface area contributed by atoms with Gasteiger partial charge in [-0.15, -0.1) is 0 Å². The lowest BCUT2D eigenvalue weighted by Gasteiger charge is -2.15. The molecular weight excluding hydrogens is 298 g/mol. The number of aryl methyl sites for hydroxylation is 2. The third-order valence-corrected chi connectivity index (χ3v) is 4.47. The zero-order chi connectivity index (χ0) is 17.3. The van der Waals surface area contributed by atoms with Crippen LogP contribution in [0.3, 0.4) is 0 Å². The molecule has 1 N–H and O–H groups in total. The number of amides is 1. The van der Waals surface area contributed by atoms with Gasteiger partial charge in [0.2, 0.25) is 0 Å². The highest BCUT2D eigenvalue weighted by Crippen LogP contribution is 2.17. The number of benzene rings is 2. The van der Waals surface area contributed by atoms with E-state index in [1.54, 1.807) is 4.68 Å². The second-order valence-corrected chi connectivity index (χ2v) is 6.43. The van der Waals surface area contributed by atoms with E-state index >= 15 is 0 Å². The van der Waals surface area contributed by atoms with Crippen molar-refractivity contribution in [2.24, 2.45) is 7.05 Å². The Kier molecular flexibility index (Phi) is 4.38. The normalized spacial score (nSPS) is 12.3. The van der Waals surface area contributed by atoms with E-state index in [0.717, 1.165) is 17.8 Å². The molecule has 3 aromatic rings. The van der Waals surface area contributed by atoms with Gasteiger partial charge in [-0.05, 0) is 43.5 Å². The molecule has 4 nitrogen and oxygen atoms in total. The van der Waals surface area contributed by atoms with Gasteiger partial charge in [-0.2, -0.15) is 5.10 Å². The molecule has 3 rings (SSSR count). The highest BCUT2D eigenvalue weighted by Gasteiger charge is 2.18. The van der Waals surface area contributed by atoms with Crippen LogP contribution in [0.5, 0.6) is 0 Å². The molecule has 0 radical (unpaired) electrons. The van der Waals surface area contributed by atoms with Gasteiger partial charge >= 0.3 is 0 Å². The highest BCUT2D eigenvalue weighted by molar-refractivity contribution is 5.96. The third kappa shape index (κ3) is 3.18. The van der Waals surface area contributed by atoms with Gasteiger partial charge in [0.05, 0.1) is 11.3 Å². The quantitative estimate of drug-likeness (QED) is 0.799. The summed E-state index contributed by atoms with van der Waals surface area (Å²) in [5.74, 6) is -0.0496. The number of carbonyl (C=O) groups excluding carboxylic acids is 1. The van der Waals surface area contributed by atoms with Gasteiger partial charge in [0.25, 0.3) is 5.91 Å². The number of rotatable bonds is 4. The van der Waals surface area contributed by atoms with Crippen molar-refractivity contribution >= 4 is 16.7 Å². The molecule has 2 aromatic carbocycles. The Morgan fingerprint density at radius 3 is 2.54 bits per heavy atom. The molecule has 24 heavy (non-hydrogen) atoms. The molecule has 0 bridgehead atoms. The van der Waals surface area contributed by atoms with E-state index in [2.05, 4.69) is 40.7 Å². The van der Waals surface area contributed by atoms with E-state index in [9.17, 15) is 4.79 Å². The molecule has 0 fully saturated rings. The summed E-state index contributed by atoms with van der Waals surface area (Å²) in [4.78, 5) is 12.5. The topological polar surface area (TPSA) is 46.9 Å². The van der Waals surface area contributed by atoms with Crippen LogP contribution < -0.4 is 5.32 Å². The summed E-state index contributed by atoms with van der Waals surface area (Å²) in [5, 5.41) is 9.87. The molecule has 0 spiro atoms. The Morgan fingerprint density at radius 1 is 1.17 bits per heavy atom. The molecule has 0 aliphatic rings. The van der Waals surface area contributed by atoms with E-state index in [1.165, 1.54) is 16.3 Å². The second kappa shape index (κ2) is 6.48. The maximum atomic E-state index is 12.5. The van der Waals surface area contributed by atoms with Crippen LogP contribution in [0.4, 0.5) is 0 Å². The van der Waals surface area contributed by atoms with Crippen LogP contribution in [-0.2, 0) is 13.5 Å². The summed E-state index contributed by atoms with van der Waals surface area (Å²) >= 11 is 0. The smallest absolute Gasteiger partial charge is 0.255 e. The van der Waals surface area contributed by atoms with Gasteiger partial charge in [0.1, 0.15) is 0 Å². The summed E-state index contributed by atoms with van der Waals surface area (Å²) in [5.41, 5.74) is 3.57. The first-order valence-corrected chi connectivity index (χ1v) is 8.24. The van der Waals surface area contributed by atoms with Crippen molar-refractivity contribution in [1.29, 1.82) is 0 Å². The zero-order valence-electron chi connectivity index (χ0n) is 14.6. The third-order valence-electron chi connectivity index (χ3n) is 4.47. The monoisotopic (exact) mass is 321 g/mol. The first-order chi connectivity index (χ1) is 11.5. The molecule has 0 aliphatic heterocycles. The minimum Gasteiger partial charge on any atom is -0.349 e. The van der Waals surface area contributed by atoms with Crippen LogP contribution >= 0.6 is 0 Å². The number of fused-ring (bicyclic) bond motifs is 1. The molecule has 0 unspecified atom stereocenters. The molecule has 0 saturated heterocycles. The fourth-order valence-electron chi connectivity index (χ4n) is 3.17. The van der Waals surface area contributed by atoms with Crippen molar-refractivity contribution in [3.8, 4) is 0 Å². The molecule has 124 valence electrons. The van der Waals surface area contributed by atoms with Crippen molar-refractivity contribution in [3.63, 3.8) is 0 Å². The van der Waals surface area contributed by atoms with E-state index in [0.29, 0.717) is 5.56 Å². The van der Waals surface area contributed by atoms with Gasteiger partial charge in [0.15, 0.2) is 0 Å². The lowest BCUT2D eigenvalue weighted by molar-refractivity contribution is 0.0939. The van der Waals surface area contributed by atoms with Crippen LogP contribution in [0.15, 0.2) is 42.5 Å². The lowest BCUT2D eigenvalue weighted by Crippen LogP contribution is -2.34. The standard InChI is InChI=1S/C20H23N3O/c1-13(21-20(24)19-14(2)22-23(4)15(19)3)11-16-9-10-17-7-5-6-8-18(17)12-16/h5-10,12-13H,11H2,1-4H3,(H,21,24)/t13-/m1/s1. The Hall–Kier alpha value is -2.62. The van der Waals surface area contributed by atoms with Gasteiger partial charge in [0, 0.05) is 18.8 Å². The molecule has 1 aromatic heterocycles. The molecule has 4 heteroatoms. The molecule has 0 saturated carbocycles. The Balaban J connectivity index is 1.72. The summed E-state index contributed by atoms with van der Waals surface area (Å²) in [6.07, 6.45) is 0.801. The summed E-state index contributed by atoms with van der Waals surface area (Å²) in [6, 6.07) is 14.8. The predicted octanol–water partition coefficient (Wildman–Crippen LogP) is 3.55. The largest absolute Gasteiger partial charge is 0.349 e. The fraction of sp³-hybridized carbons (Fsp3) is 0.300. The van der Waals surface area contributed by atoms with Gasteiger partial charge in [-0.3, -0.25) is 9.48 Å². The average molecular weight is 321 g/mol. The highest BCUT2D eigenvalue weighted by atomic mass is 16.1. The number of aromatic nitrogens is 2. The lowest BCUT2D eigenvalue weighted by atomic mass is 10.0. The summed E-state index contributed by atoms with van der Waals surface area (Å²) < 4.78 is 1.75. The molecule has 1 atom stereocenters. The van der Waals surface area contributed by atoms with Crippen LogP contribution in [-0.4, -0.2) is 21.7 Å². The predicted molar refractivity (Wildman–Crippen MR) is 97.3 cm³/mol. The first-order valence-electron chi connectivity index (χ1n) is 8.24. The first kappa shape index (κ1) is 16.2. The maximum absolute atomic E-state index is 12.5. The van der Waals surface area contributed by atoms with Gasteiger partial charge in [-0.1, -0.05) is 42.5 Å². The Bertz CT molecular complexity index is 895. The Labute approximate surface area is 142 Å². The van der Waals surface area contributed by atoms with Crippen LogP contribution in [0.1, 0.15) is 34.2 Å². The van der Waals surface area contributed by atoms with Gasteiger partial charge < -0.3 is 5.32 Å². The molecule has 1 amide bonds. The number of carbonyl (C=O) groups is 1. The molecule has 0 aliphatic carbocycles. The average Bonchev–Trinajstić information content (AvgIpc) is 2.79. The summed E-state index contributed by atoms with van der Waals surface area (Å²) in [7, 11) is 1.86. The number of nitrogens with zero attached hydrogens (tertiary/aromatic N) is 2. The number of nitrogens with one attached hydrogen (secondary N) is 1. The van der Waals surface area contributed by atoms with E-state index in [-0.39, 0.29) is 11.9 Å². The van der Waals surface area contributed by atoms with Crippen molar-refractivity contribution < 1.29 is 4.79 Å². The van der Waals surface area contributed by atoms with Crippen molar-refractivity contribution in [2.45, 2.75) is 33.2 Å². The summed E-state index contributed by atoms with van der Waals surface area (Å²) in [6.45, 7) is 5.83. The van der Waals surface area contributed by atoms with Crippen molar-refractivity contribution in [3.05, 3.63) is 65.0 Å². The molecular formula is C20H23N3O. The van der Waals surface area contributed by atoms with Crippen LogP contribution in [0.2, 0.25) is 0 Å².